The van der Waals surface area contributed by atoms with E-state index in [1.165, 1.54) is 25.7 Å². The van der Waals surface area contributed by atoms with Crippen LogP contribution in [0.15, 0.2) is 0 Å². The standard InChI is InChI=1S/C17H33N3O2/c1-14(21)13-19-9-11-20(12-10-19)15(2)17(22)18-16-7-5-3-4-6-8-16/h14-16,21H,3-13H2,1-2H3,(H,18,22). The van der Waals surface area contributed by atoms with Gasteiger partial charge in [0.2, 0.25) is 5.91 Å². The minimum atomic E-state index is -0.275. The summed E-state index contributed by atoms with van der Waals surface area (Å²) in [4.78, 5) is 17.0. The van der Waals surface area contributed by atoms with E-state index in [0.717, 1.165) is 45.6 Å². The molecule has 5 heteroatoms. The van der Waals surface area contributed by atoms with Crippen molar-refractivity contribution in [1.29, 1.82) is 0 Å². The second-order valence-electron chi connectivity index (χ2n) is 7.06. The first kappa shape index (κ1) is 17.7. The van der Waals surface area contributed by atoms with Gasteiger partial charge in [0, 0.05) is 38.8 Å². The Hall–Kier alpha value is -0.650. The molecule has 1 aliphatic carbocycles. The van der Waals surface area contributed by atoms with Crippen molar-refractivity contribution in [3.05, 3.63) is 0 Å². The maximum absolute atomic E-state index is 12.5. The van der Waals surface area contributed by atoms with Gasteiger partial charge >= 0.3 is 0 Å². The molecule has 2 rings (SSSR count). The molecule has 1 heterocycles. The van der Waals surface area contributed by atoms with Crippen LogP contribution in [0.25, 0.3) is 0 Å². The van der Waals surface area contributed by atoms with Gasteiger partial charge in [0.15, 0.2) is 0 Å². The Kier molecular flexibility index (Phi) is 7.12. The summed E-state index contributed by atoms with van der Waals surface area (Å²) < 4.78 is 0. The number of nitrogens with zero attached hydrogens (tertiary/aromatic N) is 2. The molecule has 1 saturated heterocycles. The minimum absolute atomic E-state index is 0.0445. The predicted octanol–water partition coefficient (Wildman–Crippen LogP) is 1.21. The summed E-state index contributed by atoms with van der Waals surface area (Å²) in [5, 5.41) is 12.7. The van der Waals surface area contributed by atoms with Crippen molar-refractivity contribution < 1.29 is 9.90 Å². The third-order valence-electron chi connectivity index (χ3n) is 5.06. The average Bonchev–Trinajstić information content (AvgIpc) is 2.75. The molecule has 0 aromatic carbocycles. The summed E-state index contributed by atoms with van der Waals surface area (Å²) >= 11 is 0. The number of rotatable bonds is 5. The van der Waals surface area contributed by atoms with Crippen LogP contribution < -0.4 is 5.32 Å². The average molecular weight is 311 g/mol. The highest BCUT2D eigenvalue weighted by molar-refractivity contribution is 5.81. The van der Waals surface area contributed by atoms with Gasteiger partial charge in [0.25, 0.3) is 0 Å². The number of carbonyl (C=O) groups is 1. The first-order valence-electron chi connectivity index (χ1n) is 9.01. The lowest BCUT2D eigenvalue weighted by molar-refractivity contribution is -0.127. The van der Waals surface area contributed by atoms with Gasteiger partial charge in [-0.25, -0.2) is 0 Å². The molecule has 1 aliphatic heterocycles. The second-order valence-corrected chi connectivity index (χ2v) is 7.06. The number of hydrogen-bond acceptors (Lipinski definition) is 4. The Morgan fingerprint density at radius 3 is 2.23 bits per heavy atom. The summed E-state index contributed by atoms with van der Waals surface area (Å²) in [6, 6.07) is 0.339. The van der Waals surface area contributed by atoms with E-state index in [-0.39, 0.29) is 18.1 Å². The topological polar surface area (TPSA) is 55.8 Å². The van der Waals surface area contributed by atoms with Gasteiger partial charge in [-0.15, -0.1) is 0 Å². The van der Waals surface area contributed by atoms with E-state index in [1.54, 1.807) is 0 Å². The largest absolute Gasteiger partial charge is 0.392 e. The molecule has 1 amide bonds. The third-order valence-corrected chi connectivity index (χ3v) is 5.06. The molecule has 1 saturated carbocycles. The molecule has 0 bridgehead atoms. The van der Waals surface area contributed by atoms with E-state index in [9.17, 15) is 9.90 Å². The van der Waals surface area contributed by atoms with Crippen LogP contribution in [0.4, 0.5) is 0 Å². The maximum atomic E-state index is 12.5. The van der Waals surface area contributed by atoms with E-state index >= 15 is 0 Å². The Balaban J connectivity index is 1.74. The molecule has 22 heavy (non-hydrogen) atoms. The second kappa shape index (κ2) is 8.85. The zero-order chi connectivity index (χ0) is 15.9. The first-order chi connectivity index (χ1) is 10.6. The van der Waals surface area contributed by atoms with Gasteiger partial charge in [0.05, 0.1) is 12.1 Å². The summed E-state index contributed by atoms with van der Waals surface area (Å²) in [6.07, 6.45) is 7.12. The van der Waals surface area contributed by atoms with Crippen LogP contribution in [-0.4, -0.2) is 71.7 Å². The molecule has 2 aliphatic rings. The number of aliphatic hydroxyl groups excluding tert-OH is 1. The number of amides is 1. The number of β-amino-alcohol motifs (C(OH)–C–C–N with tert-alkyl or cyclic N) is 1. The molecule has 0 aromatic heterocycles. The smallest absolute Gasteiger partial charge is 0.237 e. The fourth-order valence-corrected chi connectivity index (χ4v) is 3.62. The van der Waals surface area contributed by atoms with E-state index in [4.69, 9.17) is 0 Å². The summed E-state index contributed by atoms with van der Waals surface area (Å²) in [5.41, 5.74) is 0. The Morgan fingerprint density at radius 2 is 1.68 bits per heavy atom. The van der Waals surface area contributed by atoms with Gasteiger partial charge in [-0.2, -0.15) is 0 Å². The van der Waals surface area contributed by atoms with Crippen LogP contribution in [0.1, 0.15) is 52.4 Å². The lowest BCUT2D eigenvalue weighted by Gasteiger charge is -2.38. The highest BCUT2D eigenvalue weighted by atomic mass is 16.3. The van der Waals surface area contributed by atoms with Crippen LogP contribution in [0.2, 0.25) is 0 Å². The van der Waals surface area contributed by atoms with Gasteiger partial charge < -0.3 is 10.4 Å². The molecule has 0 aromatic rings. The van der Waals surface area contributed by atoms with Gasteiger partial charge in [-0.3, -0.25) is 14.6 Å². The molecule has 128 valence electrons. The Morgan fingerprint density at radius 1 is 1.09 bits per heavy atom. The van der Waals surface area contributed by atoms with Crippen molar-refractivity contribution in [3.63, 3.8) is 0 Å². The summed E-state index contributed by atoms with van der Waals surface area (Å²) in [7, 11) is 0. The Labute approximate surface area is 135 Å². The van der Waals surface area contributed by atoms with Gasteiger partial charge in [-0.05, 0) is 26.7 Å². The van der Waals surface area contributed by atoms with E-state index in [0.29, 0.717) is 6.04 Å². The number of hydrogen-bond donors (Lipinski definition) is 2. The first-order valence-corrected chi connectivity index (χ1v) is 9.01. The summed E-state index contributed by atoms with van der Waals surface area (Å²) in [6.45, 7) is 8.28. The number of piperazine rings is 1. The van der Waals surface area contributed by atoms with E-state index < -0.39 is 0 Å². The quantitative estimate of drug-likeness (QED) is 0.750. The predicted molar refractivity (Wildman–Crippen MR) is 88.8 cm³/mol. The van der Waals surface area contributed by atoms with Crippen LogP contribution in [-0.2, 0) is 4.79 Å². The van der Waals surface area contributed by atoms with Crippen molar-refractivity contribution >= 4 is 5.91 Å². The van der Waals surface area contributed by atoms with Crippen molar-refractivity contribution in [2.45, 2.75) is 70.6 Å². The maximum Gasteiger partial charge on any atom is 0.237 e. The highest BCUT2D eigenvalue weighted by Crippen LogP contribution is 2.17. The highest BCUT2D eigenvalue weighted by Gasteiger charge is 2.27. The molecule has 2 atom stereocenters. The minimum Gasteiger partial charge on any atom is -0.392 e. The molecule has 0 spiro atoms. The van der Waals surface area contributed by atoms with Gasteiger partial charge in [0.1, 0.15) is 0 Å². The molecule has 2 N–H and O–H groups in total. The van der Waals surface area contributed by atoms with Crippen LogP contribution >= 0.6 is 0 Å². The van der Waals surface area contributed by atoms with Crippen LogP contribution in [0, 0.1) is 0 Å². The van der Waals surface area contributed by atoms with Crippen molar-refractivity contribution in [1.82, 2.24) is 15.1 Å². The monoisotopic (exact) mass is 311 g/mol. The molecule has 2 unspecified atom stereocenters. The number of carbonyl (C=O) groups excluding carboxylic acids is 1. The van der Waals surface area contributed by atoms with Gasteiger partial charge in [-0.1, -0.05) is 25.7 Å². The zero-order valence-corrected chi connectivity index (χ0v) is 14.3. The normalized spacial score (nSPS) is 25.4. The molecule has 5 nitrogen and oxygen atoms in total. The molecular weight excluding hydrogens is 278 g/mol. The van der Waals surface area contributed by atoms with Crippen LogP contribution in [0.5, 0.6) is 0 Å². The fourth-order valence-electron chi connectivity index (χ4n) is 3.62. The fraction of sp³-hybridized carbons (Fsp3) is 0.941. The zero-order valence-electron chi connectivity index (χ0n) is 14.3. The number of aliphatic hydroxyl groups is 1. The van der Waals surface area contributed by atoms with Crippen LogP contribution in [0.3, 0.4) is 0 Å². The lowest BCUT2D eigenvalue weighted by Crippen LogP contribution is -2.55. The summed E-state index contributed by atoms with van der Waals surface area (Å²) in [5.74, 6) is 0.191. The molecule has 0 radical (unpaired) electrons. The van der Waals surface area contributed by atoms with Crippen molar-refractivity contribution in [3.8, 4) is 0 Å². The Bertz CT molecular complexity index is 333. The number of nitrogens with one attached hydrogen (secondary N) is 1. The van der Waals surface area contributed by atoms with Crippen molar-refractivity contribution in [2.75, 3.05) is 32.7 Å². The van der Waals surface area contributed by atoms with E-state index in [2.05, 4.69) is 15.1 Å². The van der Waals surface area contributed by atoms with Crippen molar-refractivity contribution in [2.24, 2.45) is 0 Å². The SMILES string of the molecule is CC(O)CN1CCN(C(C)C(=O)NC2CCCCCC2)CC1. The lowest BCUT2D eigenvalue weighted by atomic mass is 10.1. The van der Waals surface area contributed by atoms with E-state index in [1.807, 2.05) is 13.8 Å². The molecular formula is C17H33N3O2. The molecule has 2 fully saturated rings. The third kappa shape index (κ3) is 5.52.